The second-order valence-corrected chi connectivity index (χ2v) is 6.24. The van der Waals surface area contributed by atoms with Gasteiger partial charge >= 0.3 is 11.9 Å². The Labute approximate surface area is 169 Å². The van der Waals surface area contributed by atoms with Gasteiger partial charge in [-0.1, -0.05) is 0 Å². The Bertz CT molecular complexity index is 683. The summed E-state index contributed by atoms with van der Waals surface area (Å²) in [6.45, 7) is 0.0872. The number of carbonyl (C=O) groups excluding carboxylic acids is 4. The van der Waals surface area contributed by atoms with Gasteiger partial charge in [0.05, 0.1) is 31.6 Å². The summed E-state index contributed by atoms with van der Waals surface area (Å²) in [5.74, 6) is -7.44. The Hall–Kier alpha value is -3.30. The van der Waals surface area contributed by atoms with Gasteiger partial charge < -0.3 is 47.8 Å². The summed E-state index contributed by atoms with van der Waals surface area (Å²) in [7, 11) is 0. The quantitative estimate of drug-likeness (QED) is 0.132. The largest absolute Gasteiger partial charge is 0.481 e. The molecule has 170 valence electrons. The minimum absolute atomic E-state index is 0.747. The Morgan fingerprint density at radius 1 is 0.867 bits per heavy atom. The fourth-order valence-corrected chi connectivity index (χ4v) is 2.08. The normalized spacial score (nSPS) is 15.6. The topological polar surface area (TPSA) is 271 Å². The fourth-order valence-electron chi connectivity index (χ4n) is 2.08. The molecule has 0 aromatic heterocycles. The number of amides is 4. The Morgan fingerprint density at radius 2 is 1.37 bits per heavy atom. The van der Waals surface area contributed by atoms with E-state index in [4.69, 9.17) is 21.7 Å². The number of carboxylic acids is 2. The number of primary amides is 1. The van der Waals surface area contributed by atoms with E-state index in [1.807, 2.05) is 16.0 Å². The van der Waals surface area contributed by atoms with Crippen LogP contribution in [0, 0.1) is 0 Å². The van der Waals surface area contributed by atoms with Crippen molar-refractivity contribution >= 4 is 35.6 Å². The van der Waals surface area contributed by atoms with Crippen LogP contribution in [0.1, 0.15) is 19.8 Å². The maximum Gasteiger partial charge on any atom is 0.328 e. The van der Waals surface area contributed by atoms with Crippen molar-refractivity contribution in [3.05, 3.63) is 0 Å². The molecular formula is C15H25N5O10. The first-order valence-electron chi connectivity index (χ1n) is 8.48. The number of carbonyl (C=O) groups is 6. The molecule has 15 heteroatoms. The van der Waals surface area contributed by atoms with E-state index in [0.29, 0.717) is 0 Å². The summed E-state index contributed by atoms with van der Waals surface area (Å²) < 4.78 is 0. The first-order chi connectivity index (χ1) is 13.8. The van der Waals surface area contributed by atoms with Crippen LogP contribution in [0.25, 0.3) is 0 Å². The third-order valence-corrected chi connectivity index (χ3v) is 3.63. The maximum atomic E-state index is 12.3. The van der Waals surface area contributed by atoms with Gasteiger partial charge in [0.25, 0.3) is 0 Å². The van der Waals surface area contributed by atoms with Crippen molar-refractivity contribution in [1.82, 2.24) is 16.0 Å². The molecular weight excluding hydrogens is 410 g/mol. The van der Waals surface area contributed by atoms with E-state index >= 15 is 0 Å². The molecule has 0 spiro atoms. The molecule has 0 saturated heterocycles. The number of aliphatic hydroxyl groups excluding tert-OH is 2. The SMILES string of the molecule is CC(O)C(NC(=O)C(CO)NC(=O)C(CC(N)=O)NC(=O)C(N)CC(=O)O)C(=O)O. The summed E-state index contributed by atoms with van der Waals surface area (Å²) in [6, 6.07) is -6.66. The highest BCUT2D eigenvalue weighted by atomic mass is 16.4. The van der Waals surface area contributed by atoms with Crippen molar-refractivity contribution < 1.29 is 49.2 Å². The number of aliphatic carboxylic acids is 2. The van der Waals surface area contributed by atoms with E-state index in [9.17, 15) is 39.0 Å². The van der Waals surface area contributed by atoms with E-state index in [0.717, 1.165) is 6.92 Å². The fraction of sp³-hybridized carbons (Fsp3) is 0.600. The van der Waals surface area contributed by atoms with Gasteiger partial charge in [-0.15, -0.1) is 0 Å². The highest BCUT2D eigenvalue weighted by molar-refractivity contribution is 5.96. The third kappa shape index (κ3) is 9.26. The first kappa shape index (κ1) is 26.7. The molecule has 0 aromatic rings. The monoisotopic (exact) mass is 435 g/mol. The lowest BCUT2D eigenvalue weighted by atomic mass is 10.1. The molecule has 0 saturated carbocycles. The second kappa shape index (κ2) is 12.3. The zero-order chi connectivity index (χ0) is 23.6. The summed E-state index contributed by atoms with van der Waals surface area (Å²) in [4.78, 5) is 69.2. The summed E-state index contributed by atoms with van der Waals surface area (Å²) in [5.41, 5.74) is 10.4. The molecule has 0 fully saturated rings. The van der Waals surface area contributed by atoms with E-state index < -0.39 is 85.3 Å². The summed E-state index contributed by atoms with van der Waals surface area (Å²) in [5, 5.41) is 42.2. The highest BCUT2D eigenvalue weighted by Crippen LogP contribution is 1.99. The van der Waals surface area contributed by atoms with Crippen molar-refractivity contribution in [2.45, 2.75) is 50.0 Å². The van der Waals surface area contributed by atoms with Crippen molar-refractivity contribution in [2.75, 3.05) is 6.61 Å². The van der Waals surface area contributed by atoms with Gasteiger partial charge in [0.2, 0.25) is 23.6 Å². The Balaban J connectivity index is 5.27. The van der Waals surface area contributed by atoms with Gasteiger partial charge in [-0.2, -0.15) is 0 Å². The zero-order valence-corrected chi connectivity index (χ0v) is 15.9. The molecule has 0 aliphatic heterocycles. The summed E-state index contributed by atoms with van der Waals surface area (Å²) in [6.07, 6.45) is -3.02. The second-order valence-electron chi connectivity index (χ2n) is 6.24. The molecule has 0 aliphatic rings. The van der Waals surface area contributed by atoms with Crippen LogP contribution in [0.2, 0.25) is 0 Å². The van der Waals surface area contributed by atoms with Crippen LogP contribution in [0.4, 0.5) is 0 Å². The number of nitrogens with one attached hydrogen (secondary N) is 3. The average molecular weight is 435 g/mol. The van der Waals surface area contributed by atoms with Crippen LogP contribution in [-0.4, -0.2) is 92.9 Å². The molecule has 15 nitrogen and oxygen atoms in total. The van der Waals surface area contributed by atoms with Gasteiger partial charge in [0.1, 0.15) is 12.1 Å². The predicted octanol–water partition coefficient (Wildman–Crippen LogP) is -5.42. The van der Waals surface area contributed by atoms with Gasteiger partial charge in [0.15, 0.2) is 6.04 Å². The van der Waals surface area contributed by atoms with Gasteiger partial charge in [-0.05, 0) is 6.92 Å². The third-order valence-electron chi connectivity index (χ3n) is 3.63. The summed E-state index contributed by atoms with van der Waals surface area (Å²) >= 11 is 0. The molecule has 4 amide bonds. The molecule has 11 N–H and O–H groups in total. The van der Waals surface area contributed by atoms with Crippen molar-refractivity contribution in [3.63, 3.8) is 0 Å². The standard InChI is InChI=1S/C15H25N5O10/c1-5(22)11(15(29)30)20-14(28)8(4-21)19-13(27)7(3-9(17)23)18-12(26)6(16)2-10(24)25/h5-8,11,21-22H,2-4,16H2,1H3,(H2,17,23)(H,18,26)(H,19,27)(H,20,28)(H,24,25)(H,29,30). The molecule has 0 aliphatic carbocycles. The number of aliphatic hydroxyl groups is 2. The van der Waals surface area contributed by atoms with Crippen LogP contribution in [0.15, 0.2) is 0 Å². The van der Waals surface area contributed by atoms with Crippen LogP contribution in [0.5, 0.6) is 0 Å². The van der Waals surface area contributed by atoms with Gasteiger partial charge in [-0.25, -0.2) is 4.79 Å². The molecule has 0 bridgehead atoms. The lowest BCUT2D eigenvalue weighted by Gasteiger charge is -2.24. The van der Waals surface area contributed by atoms with Gasteiger partial charge in [-0.3, -0.25) is 24.0 Å². The van der Waals surface area contributed by atoms with Gasteiger partial charge in [0, 0.05) is 0 Å². The van der Waals surface area contributed by atoms with Crippen molar-refractivity contribution in [2.24, 2.45) is 11.5 Å². The van der Waals surface area contributed by atoms with E-state index in [1.54, 1.807) is 0 Å². The van der Waals surface area contributed by atoms with E-state index in [2.05, 4.69) is 0 Å². The van der Waals surface area contributed by atoms with E-state index in [-0.39, 0.29) is 0 Å². The van der Waals surface area contributed by atoms with Crippen molar-refractivity contribution in [3.8, 4) is 0 Å². The lowest BCUT2D eigenvalue weighted by molar-refractivity contribution is -0.145. The Kier molecular flexibility index (Phi) is 10.9. The minimum Gasteiger partial charge on any atom is -0.481 e. The zero-order valence-electron chi connectivity index (χ0n) is 15.9. The highest BCUT2D eigenvalue weighted by Gasteiger charge is 2.32. The Morgan fingerprint density at radius 3 is 1.77 bits per heavy atom. The smallest absolute Gasteiger partial charge is 0.328 e. The molecule has 0 heterocycles. The van der Waals surface area contributed by atoms with Crippen molar-refractivity contribution in [1.29, 1.82) is 0 Å². The van der Waals surface area contributed by atoms with E-state index in [1.165, 1.54) is 0 Å². The number of nitrogens with two attached hydrogens (primary N) is 2. The molecule has 0 aromatic carbocycles. The lowest BCUT2D eigenvalue weighted by Crippen LogP contribution is -2.59. The molecule has 5 unspecified atom stereocenters. The average Bonchev–Trinajstić information content (AvgIpc) is 2.61. The maximum absolute atomic E-state index is 12.3. The van der Waals surface area contributed by atoms with Crippen LogP contribution >= 0.6 is 0 Å². The molecule has 30 heavy (non-hydrogen) atoms. The molecule has 0 rings (SSSR count). The number of hydrogen-bond acceptors (Lipinski definition) is 9. The van der Waals surface area contributed by atoms with Crippen LogP contribution in [-0.2, 0) is 28.8 Å². The van der Waals surface area contributed by atoms with Crippen LogP contribution in [0.3, 0.4) is 0 Å². The molecule has 0 radical (unpaired) electrons. The number of carboxylic acid groups (broad SMARTS) is 2. The number of rotatable bonds is 13. The molecule has 5 atom stereocenters. The van der Waals surface area contributed by atoms with Crippen LogP contribution < -0.4 is 27.4 Å². The number of hydrogen-bond donors (Lipinski definition) is 9. The minimum atomic E-state index is -1.74. The predicted molar refractivity (Wildman–Crippen MR) is 96.2 cm³/mol. The first-order valence-corrected chi connectivity index (χ1v) is 8.48.